The van der Waals surface area contributed by atoms with Gasteiger partial charge >= 0.3 is 0 Å². The number of piperazine rings is 2. The van der Waals surface area contributed by atoms with Crippen molar-refractivity contribution >= 4 is 52.9 Å². The van der Waals surface area contributed by atoms with Gasteiger partial charge in [0.1, 0.15) is 62.0 Å². The second-order valence-electron chi connectivity index (χ2n) is 24.9. The van der Waals surface area contributed by atoms with Crippen LogP contribution in [0.2, 0.25) is 0 Å². The molecule has 2 saturated carbocycles. The van der Waals surface area contributed by atoms with Crippen molar-refractivity contribution in [3.63, 3.8) is 0 Å². The second-order valence-corrected chi connectivity index (χ2v) is 24.9. The van der Waals surface area contributed by atoms with Crippen LogP contribution in [-0.2, 0) is 30.2 Å². The monoisotopic (exact) mass is 908 g/mol. The summed E-state index contributed by atoms with van der Waals surface area (Å²) >= 11 is 0. The molecule has 0 aromatic heterocycles. The Balaban J connectivity index is 1.15. The van der Waals surface area contributed by atoms with Gasteiger partial charge in [0, 0.05) is 35.9 Å². The van der Waals surface area contributed by atoms with Gasteiger partial charge in [0.05, 0.1) is 34.1 Å². The lowest BCUT2D eigenvalue weighted by molar-refractivity contribution is -0.824. The number of carbonyl (C=O) groups excluding carboxylic acids is 4. The zero-order chi connectivity index (χ0) is 46.7. The summed E-state index contributed by atoms with van der Waals surface area (Å²) < 4.78 is 14.0. The van der Waals surface area contributed by atoms with Gasteiger partial charge < -0.3 is 50.1 Å². The Morgan fingerprint density at radius 1 is 0.776 bits per heavy atom. The number of amides is 4. The van der Waals surface area contributed by atoms with Crippen LogP contribution >= 0.6 is 0 Å². The van der Waals surface area contributed by atoms with E-state index < -0.39 is 85.0 Å². The van der Waals surface area contributed by atoms with Crippen LogP contribution in [0.5, 0.6) is 11.5 Å². The largest absolute Gasteiger partial charge is 0.629 e. The van der Waals surface area contributed by atoms with Crippen LogP contribution in [0.25, 0.3) is 12.2 Å². The van der Waals surface area contributed by atoms with E-state index in [0.29, 0.717) is 83.9 Å². The van der Waals surface area contributed by atoms with E-state index in [2.05, 4.69) is 5.32 Å². The maximum atomic E-state index is 16.8. The zero-order valence-electron chi connectivity index (χ0n) is 39.2. The standard InChI is InChI=1S/C52H56N6O9/c1-43(2)19-15-25-29(66-43)13-11-27-33(25)57(64)36-45(5,6)31-23-47-17-9-21-54(47)41(61)50(31,53-39(47)59)38-49(27,36)35-51-32(24-48(40(60)56(38)51)18-10-22-55(48)42(51)62)46(7,8)37-52(35,63)28-12-14-30-26(34(28)58(37)65)16-20-44(3,4)67-30/h11-16,19-20,31-32,35,37-38,58,63H,9-10,17-18,21-24H2,1-8H3,(H,53,59)/t31?,32?,35-,37?,38+,47+,48-,49?,50?,51?,52+/m1/s1. The van der Waals surface area contributed by atoms with E-state index in [1.807, 2.05) is 91.8 Å². The molecular weight excluding hydrogens is 853 g/mol. The number of fused-ring (bicyclic) bond motifs is 10. The van der Waals surface area contributed by atoms with Crippen molar-refractivity contribution in [2.24, 2.45) is 28.6 Å². The first-order chi connectivity index (χ1) is 31.5. The van der Waals surface area contributed by atoms with Gasteiger partial charge in [-0.1, -0.05) is 13.8 Å². The summed E-state index contributed by atoms with van der Waals surface area (Å²) in [6.07, 6.45) is 10.1. The molecule has 2 aromatic carbocycles. The molecule has 15 heteroatoms. The highest BCUT2D eigenvalue weighted by molar-refractivity contribution is 6.16. The van der Waals surface area contributed by atoms with Crippen molar-refractivity contribution < 1.29 is 43.6 Å². The van der Waals surface area contributed by atoms with E-state index in [1.165, 1.54) is 0 Å². The summed E-state index contributed by atoms with van der Waals surface area (Å²) in [5.74, 6) is -3.10. The minimum atomic E-state index is -2.23. The van der Waals surface area contributed by atoms with Gasteiger partial charge in [0.25, 0.3) is 5.91 Å². The molecule has 2 aliphatic carbocycles. The molecule has 4 bridgehead atoms. The number of hydrogen-bond acceptors (Lipinski definition) is 9. The first-order valence-electron chi connectivity index (χ1n) is 24.5. The number of aliphatic hydroxyl groups is 1. The van der Waals surface area contributed by atoms with Crippen molar-refractivity contribution in [2.45, 2.75) is 150 Å². The van der Waals surface area contributed by atoms with Crippen molar-refractivity contribution in [1.29, 1.82) is 0 Å². The number of carbonyl (C=O) groups is 4. The van der Waals surface area contributed by atoms with Crippen LogP contribution in [0.1, 0.15) is 116 Å². The molecule has 2 aromatic rings. The molecule has 7 unspecified atom stereocenters. The summed E-state index contributed by atoms with van der Waals surface area (Å²) in [5, 5.41) is 50.8. The Bertz CT molecular complexity index is 3010. The lowest BCUT2D eigenvalue weighted by atomic mass is 9.36. The molecule has 12 atom stereocenters. The van der Waals surface area contributed by atoms with E-state index in [0.717, 1.165) is 4.74 Å². The fraction of sp³-hybridized carbons (Fsp3) is 0.596. The molecule has 15 aliphatic rings. The number of hydrogen-bond donors (Lipinski definition) is 3. The topological polar surface area (TPSA) is 182 Å². The van der Waals surface area contributed by atoms with E-state index >= 15 is 34.7 Å². The lowest BCUT2D eigenvalue weighted by Crippen LogP contribution is -3.10. The van der Waals surface area contributed by atoms with Crippen molar-refractivity contribution in [2.75, 3.05) is 13.1 Å². The molecule has 13 heterocycles. The minimum Gasteiger partial charge on any atom is -0.629 e. The van der Waals surface area contributed by atoms with E-state index in [-0.39, 0.29) is 47.2 Å². The van der Waals surface area contributed by atoms with E-state index in [4.69, 9.17) is 9.47 Å². The third-order valence-electron chi connectivity index (χ3n) is 20.7. The second kappa shape index (κ2) is 10.6. The lowest BCUT2D eigenvalue weighted by Gasteiger charge is -2.71. The molecule has 0 radical (unpaired) electrons. The molecule has 13 aliphatic heterocycles. The van der Waals surface area contributed by atoms with Gasteiger partial charge in [-0.05, 0) is 129 Å². The first kappa shape index (κ1) is 39.7. The van der Waals surface area contributed by atoms with E-state index in [1.54, 1.807) is 26.8 Å². The average molecular weight is 909 g/mol. The number of quaternary nitrogens is 1. The van der Waals surface area contributed by atoms with Gasteiger partial charge in [-0.15, -0.1) is 0 Å². The van der Waals surface area contributed by atoms with Crippen LogP contribution in [0, 0.1) is 39.0 Å². The molecule has 17 rings (SSSR count). The fourth-order valence-corrected chi connectivity index (χ4v) is 18.9. The number of benzene rings is 2. The van der Waals surface area contributed by atoms with Gasteiger partial charge in [-0.25, -0.2) is 0 Å². The summed E-state index contributed by atoms with van der Waals surface area (Å²) in [6.45, 7) is 16.3. The van der Waals surface area contributed by atoms with Gasteiger partial charge in [-0.2, -0.15) is 4.74 Å². The maximum absolute atomic E-state index is 16.8. The van der Waals surface area contributed by atoms with Crippen LogP contribution in [0.15, 0.2) is 36.4 Å². The highest BCUT2D eigenvalue weighted by Crippen LogP contribution is 2.81. The number of hydroxylamine groups is 1. The molecule has 9 saturated heterocycles. The molecular formula is C52H56N6O9. The molecule has 348 valence electrons. The Hall–Kier alpha value is -5.25. The molecule has 3 N–H and O–H groups in total. The zero-order valence-corrected chi connectivity index (χ0v) is 39.2. The summed E-state index contributed by atoms with van der Waals surface area (Å²) in [6, 6.07) is 4.72. The van der Waals surface area contributed by atoms with Crippen LogP contribution in [0.3, 0.4) is 0 Å². The van der Waals surface area contributed by atoms with Gasteiger partial charge in [-0.3, -0.25) is 19.2 Å². The molecule has 5 spiro atoms. The Morgan fingerprint density at radius 3 is 2.06 bits per heavy atom. The van der Waals surface area contributed by atoms with Gasteiger partial charge in [0.2, 0.25) is 23.4 Å². The normalized spacial score (nSPS) is 45.2. The van der Waals surface area contributed by atoms with Crippen LogP contribution in [-0.4, -0.2) is 112 Å². The Morgan fingerprint density at radius 2 is 1.37 bits per heavy atom. The molecule has 11 fully saturated rings. The SMILES string of the molecule is CC1(C)C=Cc2c(ccc3c2[N+]([O-])=C2C(C)(C)C4C[C@]56CCCN5C(=O)C4(NC6=O)[C@H]4N5C(=O)[C@]67CCCN6C(=O)C56C(C7)C(C)(C)C5[NH+]([O-])c7c(ccc8c7C=CC(C)(C)O8)[C@]5(O)[C@@H]6C234)O1. The highest BCUT2D eigenvalue weighted by atomic mass is 16.5. The summed E-state index contributed by atoms with van der Waals surface area (Å²) in [5.41, 5.74) is -11.3. The third kappa shape index (κ3) is 3.53. The molecule has 67 heavy (non-hydrogen) atoms. The smallest absolute Gasteiger partial charge is 0.251 e. The van der Waals surface area contributed by atoms with Gasteiger partial charge in [0.15, 0.2) is 11.3 Å². The number of nitrogens with one attached hydrogen (secondary N) is 2. The number of rotatable bonds is 0. The quantitative estimate of drug-likeness (QED) is 0.264. The van der Waals surface area contributed by atoms with E-state index in [9.17, 15) is 0 Å². The molecule has 15 nitrogen and oxygen atoms in total. The first-order valence-corrected chi connectivity index (χ1v) is 24.5. The fourth-order valence-electron chi connectivity index (χ4n) is 18.9. The summed E-state index contributed by atoms with van der Waals surface area (Å²) in [7, 11) is 0. The maximum Gasteiger partial charge on any atom is 0.251 e. The Kier molecular flexibility index (Phi) is 6.31. The predicted molar refractivity (Wildman–Crippen MR) is 241 cm³/mol. The third-order valence-corrected chi connectivity index (χ3v) is 20.7. The van der Waals surface area contributed by atoms with Crippen LogP contribution < -0.4 is 19.9 Å². The van der Waals surface area contributed by atoms with Crippen LogP contribution in [0.4, 0.5) is 11.4 Å². The number of ether oxygens (including phenoxy) is 2. The number of nitrogens with zero attached hydrogens (tertiary/aromatic N) is 4. The Labute approximate surface area is 387 Å². The predicted octanol–water partition coefficient (Wildman–Crippen LogP) is 3.46. The van der Waals surface area contributed by atoms with Crippen molar-refractivity contribution in [3.05, 3.63) is 69.1 Å². The molecule has 4 amide bonds. The van der Waals surface area contributed by atoms with Crippen molar-refractivity contribution in [1.82, 2.24) is 20.0 Å². The highest BCUT2D eigenvalue weighted by Gasteiger charge is 2.99. The summed E-state index contributed by atoms with van der Waals surface area (Å²) in [4.78, 5) is 70.3. The average Bonchev–Trinajstić information content (AvgIpc) is 4.05. The number of piperidine rings is 4. The van der Waals surface area contributed by atoms with Crippen molar-refractivity contribution in [3.8, 4) is 11.5 Å². The minimum absolute atomic E-state index is 0.250.